The van der Waals surface area contributed by atoms with Gasteiger partial charge in [-0.2, -0.15) is 5.10 Å². The normalized spacial score (nSPS) is 12.5. The van der Waals surface area contributed by atoms with Gasteiger partial charge >= 0.3 is 0 Å². The summed E-state index contributed by atoms with van der Waals surface area (Å²) in [6.07, 6.45) is 1.43. The van der Waals surface area contributed by atoms with Crippen molar-refractivity contribution in [3.05, 3.63) is 46.5 Å². The average molecular weight is 391 g/mol. The molecule has 0 unspecified atom stereocenters. The molecule has 0 aliphatic carbocycles. The van der Waals surface area contributed by atoms with Crippen LogP contribution in [0.15, 0.2) is 35.4 Å². The lowest BCUT2D eigenvalue weighted by molar-refractivity contribution is 0.0954. The van der Waals surface area contributed by atoms with Gasteiger partial charge < -0.3 is 18.9 Å². The van der Waals surface area contributed by atoms with E-state index in [9.17, 15) is 4.79 Å². The summed E-state index contributed by atoms with van der Waals surface area (Å²) in [4.78, 5) is 12.2. The third kappa shape index (κ3) is 4.43. The van der Waals surface area contributed by atoms with E-state index in [1.165, 1.54) is 13.3 Å². The Labute approximate surface area is 161 Å². The number of fused-ring (bicyclic) bond motifs is 1. The van der Waals surface area contributed by atoms with Gasteiger partial charge in [-0.25, -0.2) is 5.43 Å². The summed E-state index contributed by atoms with van der Waals surface area (Å²) in [6, 6.07) is 8.32. The first kappa shape index (κ1) is 18.8. The van der Waals surface area contributed by atoms with E-state index < -0.39 is 0 Å². The number of halogens is 1. The lowest BCUT2D eigenvalue weighted by atomic mass is 10.2. The second kappa shape index (κ2) is 8.18. The number of benzene rings is 2. The number of carbonyl (C=O) groups excluding carboxylic acids is 1. The number of nitrogens with one attached hydrogen (secondary N) is 1. The summed E-state index contributed by atoms with van der Waals surface area (Å²) in [5.41, 5.74) is 3.52. The van der Waals surface area contributed by atoms with Gasteiger partial charge in [-0.3, -0.25) is 4.79 Å². The molecule has 3 rings (SSSR count). The first-order valence-electron chi connectivity index (χ1n) is 8.25. The molecule has 8 heteroatoms. The minimum absolute atomic E-state index is 0.0445. The second-order valence-electron chi connectivity index (χ2n) is 5.97. The minimum atomic E-state index is -0.373. The maximum atomic E-state index is 12.2. The summed E-state index contributed by atoms with van der Waals surface area (Å²) < 4.78 is 21.5. The highest BCUT2D eigenvalue weighted by Crippen LogP contribution is 2.36. The number of amides is 1. The molecule has 7 nitrogen and oxygen atoms in total. The van der Waals surface area contributed by atoms with Crippen LogP contribution in [0.2, 0.25) is 5.02 Å². The van der Waals surface area contributed by atoms with Gasteiger partial charge in [0.05, 0.1) is 24.5 Å². The highest BCUT2D eigenvalue weighted by atomic mass is 35.5. The molecule has 1 aliphatic heterocycles. The van der Waals surface area contributed by atoms with E-state index in [0.717, 1.165) is 0 Å². The van der Waals surface area contributed by atoms with Crippen LogP contribution < -0.4 is 24.4 Å². The Kier molecular flexibility index (Phi) is 5.71. The average Bonchev–Trinajstić information content (AvgIpc) is 3.11. The highest BCUT2D eigenvalue weighted by Gasteiger charge is 2.16. The molecule has 0 atom stereocenters. The van der Waals surface area contributed by atoms with Gasteiger partial charge in [-0.15, -0.1) is 0 Å². The molecule has 1 N–H and O–H groups in total. The van der Waals surface area contributed by atoms with Crippen molar-refractivity contribution in [2.24, 2.45) is 5.10 Å². The Morgan fingerprint density at radius 3 is 2.78 bits per heavy atom. The molecule has 2 aromatic rings. The standard InChI is InChI=1S/C19H19ClN2O5/c1-11(2)27-18-14(20)6-12(7-17(18)24-3)9-21-22-19(23)13-4-5-15-16(8-13)26-10-25-15/h4-9,11H,10H2,1-3H3,(H,22,23)/b21-9-. The maximum Gasteiger partial charge on any atom is 0.271 e. The van der Waals surface area contributed by atoms with Crippen LogP contribution in [0.25, 0.3) is 0 Å². The first-order chi connectivity index (χ1) is 13.0. The minimum Gasteiger partial charge on any atom is -0.493 e. The Bertz CT molecular complexity index is 883. The zero-order valence-electron chi connectivity index (χ0n) is 15.1. The Balaban J connectivity index is 1.70. The molecular formula is C19H19ClN2O5. The molecule has 0 aromatic heterocycles. The van der Waals surface area contributed by atoms with Crippen LogP contribution in [-0.4, -0.2) is 32.1 Å². The van der Waals surface area contributed by atoms with Crippen LogP contribution in [0.1, 0.15) is 29.8 Å². The predicted molar refractivity (Wildman–Crippen MR) is 101 cm³/mol. The van der Waals surface area contributed by atoms with Crippen LogP contribution in [0, 0.1) is 0 Å². The largest absolute Gasteiger partial charge is 0.493 e. The second-order valence-corrected chi connectivity index (χ2v) is 6.38. The number of hydrogen-bond donors (Lipinski definition) is 1. The monoisotopic (exact) mass is 390 g/mol. The molecule has 1 heterocycles. The van der Waals surface area contributed by atoms with Crippen molar-refractivity contribution in [2.75, 3.05) is 13.9 Å². The van der Waals surface area contributed by atoms with Crippen molar-refractivity contribution in [1.82, 2.24) is 5.43 Å². The lowest BCUT2D eigenvalue weighted by Gasteiger charge is -2.15. The van der Waals surface area contributed by atoms with E-state index in [4.69, 9.17) is 30.5 Å². The molecule has 0 bridgehead atoms. The van der Waals surface area contributed by atoms with Gasteiger partial charge in [0.1, 0.15) is 0 Å². The molecule has 1 aliphatic rings. The lowest BCUT2D eigenvalue weighted by Crippen LogP contribution is -2.17. The van der Waals surface area contributed by atoms with Crippen molar-refractivity contribution >= 4 is 23.7 Å². The van der Waals surface area contributed by atoms with E-state index in [0.29, 0.717) is 39.1 Å². The Hall–Kier alpha value is -2.93. The maximum absolute atomic E-state index is 12.2. The summed E-state index contributed by atoms with van der Waals surface area (Å²) in [5, 5.41) is 4.36. The highest BCUT2D eigenvalue weighted by molar-refractivity contribution is 6.32. The summed E-state index contributed by atoms with van der Waals surface area (Å²) >= 11 is 6.27. The summed E-state index contributed by atoms with van der Waals surface area (Å²) in [6.45, 7) is 3.95. The Morgan fingerprint density at radius 2 is 2.04 bits per heavy atom. The Morgan fingerprint density at radius 1 is 1.26 bits per heavy atom. The molecule has 1 amide bonds. The number of ether oxygens (including phenoxy) is 4. The zero-order valence-corrected chi connectivity index (χ0v) is 15.9. The fourth-order valence-electron chi connectivity index (χ4n) is 2.43. The van der Waals surface area contributed by atoms with Gasteiger partial charge in [-0.1, -0.05) is 11.6 Å². The predicted octanol–water partition coefficient (Wildman–Crippen LogP) is 3.63. The molecule has 0 saturated carbocycles. The van der Waals surface area contributed by atoms with Crippen LogP contribution in [0.4, 0.5) is 0 Å². The fourth-order valence-corrected chi connectivity index (χ4v) is 2.70. The van der Waals surface area contributed by atoms with Gasteiger partial charge in [0, 0.05) is 5.56 Å². The third-order valence-corrected chi connectivity index (χ3v) is 3.90. The third-order valence-electron chi connectivity index (χ3n) is 3.62. The van der Waals surface area contributed by atoms with E-state index in [-0.39, 0.29) is 18.8 Å². The van der Waals surface area contributed by atoms with Gasteiger partial charge in [0.25, 0.3) is 5.91 Å². The molecule has 2 aromatic carbocycles. The van der Waals surface area contributed by atoms with E-state index >= 15 is 0 Å². The topological polar surface area (TPSA) is 78.4 Å². The van der Waals surface area contributed by atoms with Crippen LogP contribution >= 0.6 is 11.6 Å². The number of methoxy groups -OCH3 is 1. The van der Waals surface area contributed by atoms with Gasteiger partial charge in [0.15, 0.2) is 23.0 Å². The van der Waals surface area contributed by atoms with Crippen LogP contribution in [-0.2, 0) is 0 Å². The number of hydrogen-bond acceptors (Lipinski definition) is 6. The number of carbonyl (C=O) groups is 1. The summed E-state index contributed by atoms with van der Waals surface area (Å²) in [7, 11) is 1.53. The van der Waals surface area contributed by atoms with E-state index in [1.54, 1.807) is 30.3 Å². The van der Waals surface area contributed by atoms with Crippen molar-refractivity contribution < 1.29 is 23.7 Å². The first-order valence-corrected chi connectivity index (χ1v) is 8.63. The quantitative estimate of drug-likeness (QED) is 0.602. The number of hydrazone groups is 1. The number of nitrogens with zero attached hydrogens (tertiary/aromatic N) is 1. The molecule has 0 spiro atoms. The molecular weight excluding hydrogens is 372 g/mol. The van der Waals surface area contributed by atoms with Gasteiger partial charge in [-0.05, 0) is 49.7 Å². The van der Waals surface area contributed by atoms with Crippen molar-refractivity contribution in [1.29, 1.82) is 0 Å². The SMILES string of the molecule is COc1cc(/C=N\NC(=O)c2ccc3c(c2)OCO3)cc(Cl)c1OC(C)C. The van der Waals surface area contributed by atoms with Crippen LogP contribution in [0.3, 0.4) is 0 Å². The van der Waals surface area contributed by atoms with Crippen molar-refractivity contribution in [3.63, 3.8) is 0 Å². The van der Waals surface area contributed by atoms with Crippen molar-refractivity contribution in [2.45, 2.75) is 20.0 Å². The zero-order chi connectivity index (χ0) is 19.4. The molecule has 0 saturated heterocycles. The smallest absolute Gasteiger partial charge is 0.271 e. The van der Waals surface area contributed by atoms with E-state index in [2.05, 4.69) is 10.5 Å². The molecule has 0 radical (unpaired) electrons. The van der Waals surface area contributed by atoms with Crippen molar-refractivity contribution in [3.8, 4) is 23.0 Å². The molecule has 142 valence electrons. The fraction of sp³-hybridized carbons (Fsp3) is 0.263. The van der Waals surface area contributed by atoms with E-state index in [1.807, 2.05) is 13.8 Å². The number of rotatable bonds is 6. The van der Waals surface area contributed by atoms with Gasteiger partial charge in [0.2, 0.25) is 6.79 Å². The summed E-state index contributed by atoms with van der Waals surface area (Å²) in [5.74, 6) is 1.72. The molecule has 27 heavy (non-hydrogen) atoms. The van der Waals surface area contributed by atoms with Crippen LogP contribution in [0.5, 0.6) is 23.0 Å². The molecule has 0 fully saturated rings.